The van der Waals surface area contributed by atoms with E-state index in [-0.39, 0.29) is 5.57 Å². The van der Waals surface area contributed by atoms with Crippen molar-refractivity contribution < 1.29 is 23.5 Å². The molecule has 31 heavy (non-hydrogen) atoms. The van der Waals surface area contributed by atoms with Gasteiger partial charge in [-0.3, -0.25) is 14.9 Å². The lowest BCUT2D eigenvalue weighted by molar-refractivity contribution is -0.122. The third-order valence-corrected chi connectivity index (χ3v) is 5.55. The first-order valence-corrected chi connectivity index (χ1v) is 9.96. The Hall–Kier alpha value is -3.52. The Morgan fingerprint density at radius 3 is 2.48 bits per heavy atom. The molecule has 2 aliphatic rings. The molecule has 4 rings (SSSR count). The van der Waals surface area contributed by atoms with Crippen LogP contribution in [0, 0.1) is 19.7 Å². The van der Waals surface area contributed by atoms with Crippen molar-refractivity contribution in [3.05, 3.63) is 64.5 Å². The van der Waals surface area contributed by atoms with Gasteiger partial charge in [0.25, 0.3) is 11.8 Å². The molecule has 0 radical (unpaired) electrons. The van der Waals surface area contributed by atoms with Crippen LogP contribution in [0.1, 0.15) is 16.7 Å². The standard InChI is InChI=1S/C23H22FN3O4/c1-14-4-3-5-19(15(14)2)27-22(29)17(21(28)25-23(27)30)12-16-6-7-20(18(24)13-16)26-8-10-31-11-9-26/h3-7,12-13H,8-11H2,1-2H3,(H,25,28,30)/b17-12+. The lowest BCUT2D eigenvalue weighted by Crippen LogP contribution is -2.54. The number of rotatable bonds is 3. The van der Waals surface area contributed by atoms with Gasteiger partial charge in [0.1, 0.15) is 11.4 Å². The molecule has 0 saturated carbocycles. The Kier molecular flexibility index (Phi) is 5.56. The number of nitrogens with zero attached hydrogens (tertiary/aromatic N) is 2. The van der Waals surface area contributed by atoms with Gasteiger partial charge in [-0.1, -0.05) is 18.2 Å². The molecule has 160 valence electrons. The highest BCUT2D eigenvalue weighted by Gasteiger charge is 2.37. The van der Waals surface area contributed by atoms with Gasteiger partial charge in [-0.05, 0) is 54.8 Å². The van der Waals surface area contributed by atoms with Crippen LogP contribution in [0.3, 0.4) is 0 Å². The summed E-state index contributed by atoms with van der Waals surface area (Å²) in [5, 5.41) is 2.20. The maximum absolute atomic E-state index is 14.7. The Morgan fingerprint density at radius 2 is 1.77 bits per heavy atom. The minimum Gasteiger partial charge on any atom is -0.378 e. The van der Waals surface area contributed by atoms with Gasteiger partial charge >= 0.3 is 6.03 Å². The van der Waals surface area contributed by atoms with E-state index in [2.05, 4.69) is 5.32 Å². The van der Waals surface area contributed by atoms with E-state index in [1.54, 1.807) is 31.2 Å². The molecule has 2 heterocycles. The molecule has 7 nitrogen and oxygen atoms in total. The number of benzene rings is 2. The third kappa shape index (κ3) is 3.94. The van der Waals surface area contributed by atoms with Crippen LogP contribution in [0.4, 0.5) is 20.6 Å². The van der Waals surface area contributed by atoms with Gasteiger partial charge < -0.3 is 9.64 Å². The number of anilines is 2. The lowest BCUT2D eigenvalue weighted by atomic mass is 10.0. The zero-order chi connectivity index (χ0) is 22.1. The highest BCUT2D eigenvalue weighted by molar-refractivity contribution is 6.39. The number of morpholine rings is 1. The summed E-state index contributed by atoms with van der Waals surface area (Å²) < 4.78 is 20.0. The monoisotopic (exact) mass is 423 g/mol. The van der Waals surface area contributed by atoms with Crippen LogP contribution in [0.2, 0.25) is 0 Å². The van der Waals surface area contributed by atoms with Crippen molar-refractivity contribution in [2.45, 2.75) is 13.8 Å². The molecule has 0 aliphatic carbocycles. The number of hydrogen-bond donors (Lipinski definition) is 1. The number of halogens is 1. The smallest absolute Gasteiger partial charge is 0.335 e. The first-order chi connectivity index (χ1) is 14.9. The van der Waals surface area contributed by atoms with Crippen molar-refractivity contribution >= 4 is 35.3 Å². The van der Waals surface area contributed by atoms with Gasteiger partial charge in [-0.2, -0.15) is 0 Å². The van der Waals surface area contributed by atoms with Gasteiger partial charge in [-0.25, -0.2) is 14.1 Å². The highest BCUT2D eigenvalue weighted by atomic mass is 19.1. The highest BCUT2D eigenvalue weighted by Crippen LogP contribution is 2.28. The summed E-state index contributed by atoms with van der Waals surface area (Å²) in [5.41, 5.74) is 2.61. The molecule has 0 aromatic heterocycles. The average Bonchev–Trinajstić information content (AvgIpc) is 2.75. The number of hydrogen-bond acceptors (Lipinski definition) is 5. The fourth-order valence-electron chi connectivity index (χ4n) is 3.69. The minimum atomic E-state index is -0.811. The van der Waals surface area contributed by atoms with Crippen molar-refractivity contribution in [2.24, 2.45) is 0 Å². The Bertz CT molecular complexity index is 1110. The van der Waals surface area contributed by atoms with Crippen LogP contribution in [-0.2, 0) is 14.3 Å². The number of ether oxygens (including phenoxy) is 1. The second-order valence-electron chi connectivity index (χ2n) is 7.49. The predicted octanol–water partition coefficient (Wildman–Crippen LogP) is 2.95. The van der Waals surface area contributed by atoms with Crippen molar-refractivity contribution in [1.82, 2.24) is 5.32 Å². The quantitative estimate of drug-likeness (QED) is 0.607. The van der Waals surface area contributed by atoms with E-state index in [9.17, 15) is 18.8 Å². The molecular formula is C23H22FN3O4. The summed E-state index contributed by atoms with van der Waals surface area (Å²) in [6.45, 7) is 5.90. The molecular weight excluding hydrogens is 401 g/mol. The fraction of sp³-hybridized carbons (Fsp3) is 0.261. The van der Waals surface area contributed by atoms with Crippen LogP contribution in [0.15, 0.2) is 42.0 Å². The van der Waals surface area contributed by atoms with E-state index in [1.165, 1.54) is 12.1 Å². The molecule has 2 fully saturated rings. The second kappa shape index (κ2) is 8.31. The number of urea groups is 1. The molecule has 2 aliphatic heterocycles. The minimum absolute atomic E-state index is 0.237. The Morgan fingerprint density at radius 1 is 1.03 bits per heavy atom. The third-order valence-electron chi connectivity index (χ3n) is 5.55. The fourth-order valence-corrected chi connectivity index (χ4v) is 3.69. The molecule has 2 saturated heterocycles. The molecule has 1 N–H and O–H groups in total. The van der Waals surface area contributed by atoms with E-state index in [4.69, 9.17) is 4.74 Å². The molecule has 2 aromatic rings. The van der Waals surface area contributed by atoms with E-state index >= 15 is 0 Å². The van der Waals surface area contributed by atoms with Crippen LogP contribution in [0.5, 0.6) is 0 Å². The molecule has 4 amide bonds. The molecule has 0 bridgehead atoms. The van der Waals surface area contributed by atoms with Crippen LogP contribution in [-0.4, -0.2) is 44.1 Å². The average molecular weight is 423 g/mol. The zero-order valence-corrected chi connectivity index (χ0v) is 17.3. The second-order valence-corrected chi connectivity index (χ2v) is 7.49. The van der Waals surface area contributed by atoms with Gasteiger partial charge in [0, 0.05) is 13.1 Å². The van der Waals surface area contributed by atoms with Crippen molar-refractivity contribution in [3.8, 4) is 0 Å². The van der Waals surface area contributed by atoms with Crippen LogP contribution < -0.4 is 15.1 Å². The largest absolute Gasteiger partial charge is 0.378 e. The zero-order valence-electron chi connectivity index (χ0n) is 17.3. The molecule has 0 unspecified atom stereocenters. The summed E-state index contributed by atoms with van der Waals surface area (Å²) in [7, 11) is 0. The number of nitrogens with one attached hydrogen (secondary N) is 1. The summed E-state index contributed by atoms with van der Waals surface area (Å²) in [6, 6.07) is 8.96. The normalized spacial score (nSPS) is 18.5. The predicted molar refractivity (Wildman–Crippen MR) is 114 cm³/mol. The molecule has 0 spiro atoms. The summed E-state index contributed by atoms with van der Waals surface area (Å²) in [4.78, 5) is 40.7. The molecule has 0 atom stereocenters. The first-order valence-electron chi connectivity index (χ1n) is 9.96. The topological polar surface area (TPSA) is 79.0 Å². The van der Waals surface area contributed by atoms with Crippen molar-refractivity contribution in [2.75, 3.05) is 36.1 Å². The number of barbiturate groups is 1. The number of imide groups is 2. The van der Waals surface area contributed by atoms with Gasteiger partial charge in [0.2, 0.25) is 0 Å². The van der Waals surface area contributed by atoms with E-state index < -0.39 is 23.7 Å². The van der Waals surface area contributed by atoms with E-state index in [1.807, 2.05) is 17.9 Å². The maximum Gasteiger partial charge on any atom is 0.335 e. The summed E-state index contributed by atoms with van der Waals surface area (Å²) in [6.07, 6.45) is 1.30. The maximum atomic E-state index is 14.7. The molecule has 8 heteroatoms. The van der Waals surface area contributed by atoms with Crippen LogP contribution in [0.25, 0.3) is 6.08 Å². The number of carbonyl (C=O) groups is 3. The van der Waals surface area contributed by atoms with Gasteiger partial charge in [0.15, 0.2) is 0 Å². The summed E-state index contributed by atoms with van der Waals surface area (Å²) in [5.74, 6) is -2.02. The Labute approximate surface area is 179 Å². The lowest BCUT2D eigenvalue weighted by Gasteiger charge is -2.29. The Balaban J connectivity index is 1.67. The number of amides is 4. The SMILES string of the molecule is Cc1cccc(N2C(=O)NC(=O)/C(=C\c3ccc(N4CCOCC4)c(F)c3)C2=O)c1C. The summed E-state index contributed by atoms with van der Waals surface area (Å²) >= 11 is 0. The molecule has 2 aromatic carbocycles. The number of carbonyl (C=O) groups excluding carboxylic acids is 3. The van der Waals surface area contributed by atoms with Crippen LogP contribution >= 0.6 is 0 Å². The van der Waals surface area contributed by atoms with Crippen molar-refractivity contribution in [3.63, 3.8) is 0 Å². The van der Waals surface area contributed by atoms with Gasteiger partial charge in [-0.15, -0.1) is 0 Å². The first kappa shape index (κ1) is 20.7. The van der Waals surface area contributed by atoms with E-state index in [0.717, 1.165) is 16.0 Å². The van der Waals surface area contributed by atoms with Crippen molar-refractivity contribution in [1.29, 1.82) is 0 Å². The van der Waals surface area contributed by atoms with E-state index in [0.29, 0.717) is 43.2 Å². The van der Waals surface area contributed by atoms with Gasteiger partial charge in [0.05, 0.1) is 24.6 Å². The number of aryl methyl sites for hydroxylation is 1.